The number of aromatic hydroxyl groups is 1. The molecule has 0 unspecified atom stereocenters. The summed E-state index contributed by atoms with van der Waals surface area (Å²) in [6.07, 6.45) is 0. The maximum atomic E-state index is 13.6. The third kappa shape index (κ3) is 15.9. The zero-order valence-electron chi connectivity index (χ0n) is 28.5. The minimum absolute atomic E-state index is 0.264. The normalized spacial score (nSPS) is 12.1. The van der Waals surface area contributed by atoms with Gasteiger partial charge >= 0.3 is 23.9 Å². The van der Waals surface area contributed by atoms with E-state index in [1.807, 2.05) is 0 Å². The van der Waals surface area contributed by atoms with Crippen LogP contribution in [-0.2, 0) is 38.1 Å². The van der Waals surface area contributed by atoms with Crippen molar-refractivity contribution < 1.29 is 52.8 Å². The first-order valence-corrected chi connectivity index (χ1v) is 14.4. The quantitative estimate of drug-likeness (QED) is 0.294. The predicted octanol–water partition coefficient (Wildman–Crippen LogP) is 3.64. The molecule has 0 atom stereocenters. The van der Waals surface area contributed by atoms with E-state index in [9.17, 15) is 33.9 Å². The minimum Gasteiger partial charge on any atom is -0.508 e. The van der Waals surface area contributed by atoms with Crippen molar-refractivity contribution in [1.82, 2.24) is 9.80 Å². The zero-order valence-corrected chi connectivity index (χ0v) is 28.5. The largest absolute Gasteiger partial charge is 0.508 e. The highest BCUT2D eigenvalue weighted by atomic mass is 16.6. The van der Waals surface area contributed by atoms with Gasteiger partial charge in [0, 0.05) is 11.1 Å². The molecular weight excluding hydrogens is 588 g/mol. The highest BCUT2D eigenvalue weighted by molar-refractivity contribution is 6.03. The van der Waals surface area contributed by atoms with Gasteiger partial charge in [0.15, 0.2) is 0 Å². The third-order valence-corrected chi connectivity index (χ3v) is 4.95. The van der Waals surface area contributed by atoms with Crippen molar-refractivity contribution >= 4 is 35.7 Å². The number of esters is 4. The summed E-state index contributed by atoms with van der Waals surface area (Å²) in [5, 5.41) is 10.5. The van der Waals surface area contributed by atoms with Gasteiger partial charge in [-0.25, -0.2) is 0 Å². The first kappa shape index (κ1) is 38.9. The number of ether oxygens (including phenoxy) is 4. The number of hydrogen-bond donors (Lipinski definition) is 1. The zero-order chi connectivity index (χ0) is 35.1. The first-order chi connectivity index (χ1) is 20.1. The molecule has 0 aliphatic rings. The predicted molar refractivity (Wildman–Crippen MR) is 163 cm³/mol. The van der Waals surface area contributed by atoms with Crippen molar-refractivity contribution in [3.63, 3.8) is 0 Å². The molecule has 0 saturated heterocycles. The van der Waals surface area contributed by atoms with Gasteiger partial charge in [-0.3, -0.25) is 28.8 Å². The van der Waals surface area contributed by atoms with Crippen LogP contribution in [0.1, 0.15) is 104 Å². The molecule has 0 aliphatic carbocycles. The van der Waals surface area contributed by atoms with Gasteiger partial charge in [0.1, 0.15) is 54.3 Å². The Morgan fingerprint density at radius 1 is 0.489 bits per heavy atom. The molecule has 2 amide bonds. The number of phenolic OH excluding ortho intramolecular Hbond substituents is 1. The standard InChI is InChI=1S/C32H48N2O11/c1-29(2,3)42-23(36)16-33(17-24(37)43-30(4,5)6)27(40)20-13-21(15-22(35)14-20)28(41)34(18-25(38)44-31(7,8)9)19-26(39)45-32(10,11)12/h13-15,35H,16-19H2,1-12H3. The summed E-state index contributed by atoms with van der Waals surface area (Å²) >= 11 is 0. The summed E-state index contributed by atoms with van der Waals surface area (Å²) in [5.74, 6) is -5.54. The Morgan fingerprint density at radius 2 is 0.711 bits per heavy atom. The van der Waals surface area contributed by atoms with Gasteiger partial charge in [0.05, 0.1) is 0 Å². The van der Waals surface area contributed by atoms with Crippen LogP contribution in [0.2, 0.25) is 0 Å². The van der Waals surface area contributed by atoms with Crippen molar-refractivity contribution in [2.75, 3.05) is 26.2 Å². The molecule has 0 fully saturated rings. The second-order valence-electron chi connectivity index (χ2n) is 14.4. The van der Waals surface area contributed by atoms with E-state index >= 15 is 0 Å². The molecule has 0 radical (unpaired) electrons. The maximum absolute atomic E-state index is 13.6. The molecule has 0 aromatic heterocycles. The lowest BCUT2D eigenvalue weighted by atomic mass is 10.1. The Kier molecular flexibility index (Phi) is 12.7. The summed E-state index contributed by atoms with van der Waals surface area (Å²) in [6, 6.07) is 3.20. The van der Waals surface area contributed by atoms with E-state index in [0.29, 0.717) is 0 Å². The average molecular weight is 637 g/mol. The minimum atomic E-state index is -0.900. The van der Waals surface area contributed by atoms with Crippen LogP contribution in [0.25, 0.3) is 0 Å². The van der Waals surface area contributed by atoms with Crippen LogP contribution in [0.5, 0.6) is 5.75 Å². The number of nitrogens with zero attached hydrogens (tertiary/aromatic N) is 2. The molecule has 0 bridgehead atoms. The number of benzene rings is 1. The molecule has 1 N–H and O–H groups in total. The Hall–Kier alpha value is -4.16. The molecule has 1 rings (SSSR count). The van der Waals surface area contributed by atoms with E-state index in [1.165, 1.54) is 0 Å². The van der Waals surface area contributed by atoms with Crippen LogP contribution in [0, 0.1) is 0 Å². The lowest BCUT2D eigenvalue weighted by Crippen LogP contribution is -2.44. The summed E-state index contributed by atoms with van der Waals surface area (Å²) in [6.45, 7) is 17.1. The summed E-state index contributed by atoms with van der Waals surface area (Å²) in [7, 11) is 0. The monoisotopic (exact) mass is 636 g/mol. The van der Waals surface area contributed by atoms with E-state index in [4.69, 9.17) is 18.9 Å². The van der Waals surface area contributed by atoms with E-state index in [-0.39, 0.29) is 11.1 Å². The van der Waals surface area contributed by atoms with Crippen LogP contribution < -0.4 is 0 Å². The second kappa shape index (κ2) is 14.7. The lowest BCUT2D eigenvalue weighted by Gasteiger charge is -2.27. The van der Waals surface area contributed by atoms with E-state index in [0.717, 1.165) is 28.0 Å². The smallest absolute Gasteiger partial charge is 0.326 e. The van der Waals surface area contributed by atoms with Gasteiger partial charge in [-0.2, -0.15) is 0 Å². The summed E-state index contributed by atoms with van der Waals surface area (Å²) < 4.78 is 21.3. The van der Waals surface area contributed by atoms with Crippen LogP contribution in [-0.4, -0.2) is 99.2 Å². The van der Waals surface area contributed by atoms with Gasteiger partial charge in [0.25, 0.3) is 11.8 Å². The van der Waals surface area contributed by atoms with Gasteiger partial charge in [-0.15, -0.1) is 0 Å². The summed E-state index contributed by atoms with van der Waals surface area (Å²) in [4.78, 5) is 79.6. The molecule has 0 heterocycles. The van der Waals surface area contributed by atoms with Crippen molar-refractivity contribution in [1.29, 1.82) is 0 Å². The topological polar surface area (TPSA) is 166 Å². The van der Waals surface area contributed by atoms with E-state index in [2.05, 4.69) is 0 Å². The summed E-state index contributed by atoms with van der Waals surface area (Å²) in [5.41, 5.74) is -4.05. The van der Waals surface area contributed by atoms with E-state index in [1.54, 1.807) is 83.1 Å². The van der Waals surface area contributed by atoms with Crippen molar-refractivity contribution in [2.45, 2.75) is 105 Å². The average Bonchev–Trinajstić information content (AvgIpc) is 2.76. The molecule has 0 saturated carbocycles. The fourth-order valence-electron chi connectivity index (χ4n) is 3.74. The maximum Gasteiger partial charge on any atom is 0.326 e. The van der Waals surface area contributed by atoms with Crippen molar-refractivity contribution in [3.05, 3.63) is 29.3 Å². The fourth-order valence-corrected chi connectivity index (χ4v) is 3.74. The number of carbonyl (C=O) groups excluding carboxylic acids is 6. The van der Waals surface area contributed by atoms with Gasteiger partial charge in [0.2, 0.25) is 0 Å². The van der Waals surface area contributed by atoms with Gasteiger partial charge in [-0.05, 0) is 101 Å². The lowest BCUT2D eigenvalue weighted by molar-refractivity contribution is -0.160. The Labute approximate surface area is 265 Å². The molecule has 1 aromatic carbocycles. The van der Waals surface area contributed by atoms with Gasteiger partial charge < -0.3 is 33.9 Å². The van der Waals surface area contributed by atoms with Crippen molar-refractivity contribution in [2.24, 2.45) is 0 Å². The number of phenols is 1. The molecule has 45 heavy (non-hydrogen) atoms. The SMILES string of the molecule is CC(C)(C)OC(=O)CN(CC(=O)OC(C)(C)C)C(=O)c1cc(O)cc(C(=O)N(CC(=O)OC(C)(C)C)CC(=O)OC(C)(C)C)c1. The molecule has 0 aliphatic heterocycles. The molecule has 252 valence electrons. The first-order valence-electron chi connectivity index (χ1n) is 14.4. The Morgan fingerprint density at radius 3 is 0.911 bits per heavy atom. The fraction of sp³-hybridized carbons (Fsp3) is 0.625. The third-order valence-electron chi connectivity index (χ3n) is 4.95. The number of carbonyl (C=O) groups is 6. The van der Waals surface area contributed by atoms with Crippen LogP contribution >= 0.6 is 0 Å². The second-order valence-corrected chi connectivity index (χ2v) is 14.4. The van der Waals surface area contributed by atoms with Crippen LogP contribution in [0.3, 0.4) is 0 Å². The molecule has 0 spiro atoms. The number of amides is 2. The van der Waals surface area contributed by atoms with E-state index < -0.39 is 90.0 Å². The Bertz CT molecular complexity index is 1120. The molecule has 13 nitrogen and oxygen atoms in total. The molecule has 13 heteroatoms. The Balaban J connectivity index is 3.49. The van der Waals surface area contributed by atoms with Gasteiger partial charge in [-0.1, -0.05) is 0 Å². The van der Waals surface area contributed by atoms with Crippen molar-refractivity contribution in [3.8, 4) is 5.75 Å². The highest BCUT2D eigenvalue weighted by Crippen LogP contribution is 2.21. The van der Waals surface area contributed by atoms with Crippen LogP contribution in [0.15, 0.2) is 18.2 Å². The highest BCUT2D eigenvalue weighted by Gasteiger charge is 2.30. The number of rotatable bonds is 10. The van der Waals surface area contributed by atoms with Crippen LogP contribution in [0.4, 0.5) is 0 Å². The molecular formula is C32H48N2O11. The number of hydrogen-bond acceptors (Lipinski definition) is 11. The molecule has 1 aromatic rings.